The molecular weight excluding hydrogens is 442 g/mol. The van der Waals surface area contributed by atoms with E-state index in [4.69, 9.17) is 12.8 Å². The maximum atomic E-state index is 5.07. The molecule has 1 saturated carbocycles. The molecule has 0 unspecified atom stereocenters. The summed E-state index contributed by atoms with van der Waals surface area (Å²) in [7, 11) is 0. The zero-order valence-electron chi connectivity index (χ0n) is 20.8. The Hall–Kier alpha value is -2.71. The summed E-state index contributed by atoms with van der Waals surface area (Å²) in [5.41, 5.74) is 14.3. The molecule has 0 heterocycles. The highest BCUT2D eigenvalue weighted by atomic mass is 32.1. The maximum absolute atomic E-state index is 5.07. The van der Waals surface area contributed by atoms with Crippen molar-refractivity contribution in [2.45, 2.75) is 69.6 Å². The van der Waals surface area contributed by atoms with Crippen molar-refractivity contribution in [2.24, 2.45) is 0 Å². The van der Waals surface area contributed by atoms with Crippen molar-refractivity contribution in [2.75, 3.05) is 4.31 Å². The van der Waals surface area contributed by atoms with Gasteiger partial charge in [-0.1, -0.05) is 94.5 Å². The molecule has 4 aliphatic rings. The lowest BCUT2D eigenvalue weighted by molar-refractivity contribution is 0.350. The van der Waals surface area contributed by atoms with E-state index in [2.05, 4.69) is 91.0 Å². The summed E-state index contributed by atoms with van der Waals surface area (Å²) in [6.45, 7) is 4.69. The lowest BCUT2D eigenvalue weighted by Crippen LogP contribution is -2.29. The number of rotatable bonds is 2. The van der Waals surface area contributed by atoms with Crippen molar-refractivity contribution in [1.29, 1.82) is 0 Å². The van der Waals surface area contributed by atoms with E-state index in [1.807, 2.05) is 0 Å². The molecule has 0 aromatic heterocycles. The lowest BCUT2D eigenvalue weighted by atomic mass is 9.66. The van der Waals surface area contributed by atoms with E-state index in [-0.39, 0.29) is 10.8 Å². The molecule has 35 heavy (non-hydrogen) atoms. The van der Waals surface area contributed by atoms with E-state index in [1.165, 1.54) is 78.5 Å². The van der Waals surface area contributed by atoms with E-state index in [0.717, 1.165) is 5.69 Å². The Morgan fingerprint density at radius 3 is 2.23 bits per heavy atom. The second kappa shape index (κ2) is 7.64. The molecule has 1 spiro atoms. The summed E-state index contributed by atoms with van der Waals surface area (Å²) in [6, 6.07) is 22.9. The Balaban J connectivity index is 1.30. The Morgan fingerprint density at radius 1 is 0.743 bits per heavy atom. The summed E-state index contributed by atoms with van der Waals surface area (Å²) in [4.78, 5) is 0. The van der Waals surface area contributed by atoms with Crippen molar-refractivity contribution in [3.05, 3.63) is 101 Å². The third kappa shape index (κ3) is 2.96. The SMILES string of the molecule is CC1(C)c2ccccc2-c2ccc(N(S)c3ccc4c(c3)C3(CCCCC3)C3=C4CCC=C3)cc21. The quantitative estimate of drug-likeness (QED) is 0.361. The van der Waals surface area contributed by atoms with Crippen LogP contribution in [0.1, 0.15) is 81.0 Å². The molecule has 1 nitrogen and oxygen atoms in total. The van der Waals surface area contributed by atoms with Crippen LogP contribution in [0.2, 0.25) is 0 Å². The Morgan fingerprint density at radius 2 is 1.43 bits per heavy atom. The maximum Gasteiger partial charge on any atom is 0.0526 e. The number of allylic oxidation sites excluding steroid dienone is 4. The van der Waals surface area contributed by atoms with Crippen LogP contribution in [0.3, 0.4) is 0 Å². The minimum atomic E-state index is -0.00401. The first kappa shape index (κ1) is 21.6. The number of benzene rings is 3. The molecule has 2 heteroatoms. The predicted octanol–water partition coefficient (Wildman–Crippen LogP) is 9.29. The van der Waals surface area contributed by atoms with Crippen LogP contribution < -0.4 is 4.31 Å². The summed E-state index contributed by atoms with van der Waals surface area (Å²) >= 11 is 5.07. The van der Waals surface area contributed by atoms with Crippen LogP contribution in [-0.2, 0) is 10.8 Å². The second-order valence-electron chi connectivity index (χ2n) is 11.4. The second-order valence-corrected chi connectivity index (χ2v) is 11.8. The van der Waals surface area contributed by atoms with Gasteiger partial charge in [0.05, 0.1) is 11.4 Å². The molecular formula is C33H33NS. The van der Waals surface area contributed by atoms with Crippen LogP contribution >= 0.6 is 12.8 Å². The highest BCUT2D eigenvalue weighted by Gasteiger charge is 2.45. The fourth-order valence-corrected chi connectivity index (χ4v) is 7.78. The number of nitrogens with zero attached hydrogens (tertiary/aromatic N) is 1. The van der Waals surface area contributed by atoms with Gasteiger partial charge in [0.1, 0.15) is 0 Å². The molecule has 0 bridgehead atoms. The monoisotopic (exact) mass is 475 g/mol. The van der Waals surface area contributed by atoms with Gasteiger partial charge in [0.15, 0.2) is 0 Å². The van der Waals surface area contributed by atoms with Gasteiger partial charge in [0.2, 0.25) is 0 Å². The Bertz CT molecular complexity index is 1420. The van der Waals surface area contributed by atoms with Gasteiger partial charge in [-0.05, 0) is 94.5 Å². The van der Waals surface area contributed by atoms with Crippen molar-refractivity contribution < 1.29 is 0 Å². The number of hydrogen-bond acceptors (Lipinski definition) is 2. The van der Waals surface area contributed by atoms with Gasteiger partial charge in [0.25, 0.3) is 0 Å². The van der Waals surface area contributed by atoms with Crippen molar-refractivity contribution in [3.63, 3.8) is 0 Å². The van der Waals surface area contributed by atoms with Gasteiger partial charge in [-0.25, -0.2) is 0 Å². The van der Waals surface area contributed by atoms with E-state index >= 15 is 0 Å². The number of fused-ring (bicyclic) bond motifs is 7. The van der Waals surface area contributed by atoms with Gasteiger partial charge in [0, 0.05) is 10.8 Å². The molecule has 0 radical (unpaired) electrons. The molecule has 0 amide bonds. The molecule has 0 N–H and O–H groups in total. The molecule has 0 atom stereocenters. The summed E-state index contributed by atoms with van der Waals surface area (Å²) in [5.74, 6) is 0. The van der Waals surface area contributed by atoms with Crippen LogP contribution in [0.4, 0.5) is 11.4 Å². The van der Waals surface area contributed by atoms with E-state index in [1.54, 1.807) is 16.7 Å². The molecule has 1 fully saturated rings. The molecule has 3 aromatic carbocycles. The van der Waals surface area contributed by atoms with E-state index < -0.39 is 0 Å². The first-order valence-electron chi connectivity index (χ1n) is 13.3. The van der Waals surface area contributed by atoms with Crippen LogP contribution in [-0.4, -0.2) is 0 Å². The fraction of sp³-hybridized carbons (Fsp3) is 0.333. The van der Waals surface area contributed by atoms with Crippen molar-refractivity contribution >= 4 is 29.8 Å². The van der Waals surface area contributed by atoms with Crippen LogP contribution in [0.5, 0.6) is 0 Å². The first-order valence-corrected chi connectivity index (χ1v) is 13.7. The van der Waals surface area contributed by atoms with Gasteiger partial charge in [-0.3, -0.25) is 4.31 Å². The minimum absolute atomic E-state index is 0.00401. The molecule has 4 aliphatic carbocycles. The number of thiol groups is 1. The summed E-state index contributed by atoms with van der Waals surface area (Å²) in [5, 5.41) is 0. The highest BCUT2D eigenvalue weighted by Crippen LogP contribution is 2.57. The first-order chi connectivity index (χ1) is 17.0. The van der Waals surface area contributed by atoms with Crippen LogP contribution in [0.25, 0.3) is 16.7 Å². The summed E-state index contributed by atoms with van der Waals surface area (Å²) in [6.07, 6.45) is 13.8. The van der Waals surface area contributed by atoms with Crippen LogP contribution in [0, 0.1) is 0 Å². The number of hydrogen-bond donors (Lipinski definition) is 1. The fourth-order valence-electron chi connectivity index (χ4n) is 7.53. The molecule has 0 aliphatic heterocycles. The van der Waals surface area contributed by atoms with E-state index in [9.17, 15) is 0 Å². The zero-order chi connectivity index (χ0) is 23.8. The summed E-state index contributed by atoms with van der Waals surface area (Å²) < 4.78 is 2.10. The van der Waals surface area contributed by atoms with Gasteiger partial charge in [-0.2, -0.15) is 0 Å². The molecule has 7 rings (SSSR count). The third-order valence-corrected chi connectivity index (χ3v) is 9.76. The number of anilines is 2. The average Bonchev–Trinajstić information content (AvgIpc) is 3.30. The minimum Gasteiger partial charge on any atom is -0.287 e. The Labute approximate surface area is 215 Å². The average molecular weight is 476 g/mol. The zero-order valence-corrected chi connectivity index (χ0v) is 21.7. The van der Waals surface area contributed by atoms with Gasteiger partial charge in [-0.15, -0.1) is 0 Å². The van der Waals surface area contributed by atoms with Gasteiger partial charge < -0.3 is 0 Å². The van der Waals surface area contributed by atoms with E-state index in [0.29, 0.717) is 0 Å². The highest BCUT2D eigenvalue weighted by molar-refractivity contribution is 7.82. The molecule has 0 saturated heterocycles. The van der Waals surface area contributed by atoms with Gasteiger partial charge >= 0.3 is 0 Å². The normalized spacial score (nSPS) is 20.4. The molecule has 176 valence electrons. The smallest absolute Gasteiger partial charge is 0.0526 e. The Kier molecular flexibility index (Phi) is 4.71. The topological polar surface area (TPSA) is 3.24 Å². The predicted molar refractivity (Wildman–Crippen MR) is 152 cm³/mol. The van der Waals surface area contributed by atoms with Crippen LogP contribution in [0.15, 0.2) is 78.4 Å². The van der Waals surface area contributed by atoms with Crippen molar-refractivity contribution in [1.82, 2.24) is 0 Å². The largest absolute Gasteiger partial charge is 0.287 e. The van der Waals surface area contributed by atoms with Crippen molar-refractivity contribution in [3.8, 4) is 11.1 Å². The lowest BCUT2D eigenvalue weighted by Gasteiger charge is -2.37. The standard InChI is InChI=1S/C33H33NS/c1-32(2)28-12-6-4-10-24(28)26-16-14-22(20-30(26)32)34(35)23-15-17-27-25-11-5-7-13-29(25)33(31(27)21-23)18-8-3-9-19-33/h4,6-7,10,12-17,20-21,35H,3,5,8-9,11,18-19H2,1-2H3. The molecule has 3 aromatic rings. The third-order valence-electron chi connectivity index (χ3n) is 9.29.